The molecule has 9 heteroatoms. The Morgan fingerprint density at radius 1 is 1.10 bits per heavy atom. The number of fused-ring (bicyclic) bond motifs is 1. The van der Waals surface area contributed by atoms with Crippen LogP contribution >= 0.6 is 0 Å². The van der Waals surface area contributed by atoms with E-state index in [0.29, 0.717) is 0 Å². The summed E-state index contributed by atoms with van der Waals surface area (Å²) in [5, 5.41) is 10.2. The zero-order valence-corrected chi connectivity index (χ0v) is 16.3. The van der Waals surface area contributed by atoms with Crippen LogP contribution < -0.4 is 10.2 Å². The molecule has 0 radical (unpaired) electrons. The van der Waals surface area contributed by atoms with Crippen molar-refractivity contribution in [2.75, 3.05) is 0 Å². The van der Waals surface area contributed by atoms with E-state index in [1.165, 1.54) is 23.3 Å². The van der Waals surface area contributed by atoms with Gasteiger partial charge in [-0.25, -0.2) is 22.6 Å². The van der Waals surface area contributed by atoms with E-state index in [2.05, 4.69) is 0 Å². The molecule has 1 aliphatic carbocycles. The fourth-order valence-electron chi connectivity index (χ4n) is 3.71. The van der Waals surface area contributed by atoms with E-state index >= 15 is 0 Å². The lowest BCUT2D eigenvalue weighted by Gasteiger charge is -2.31. The van der Waals surface area contributed by atoms with E-state index in [1.807, 2.05) is 23.6 Å². The second-order valence-electron chi connectivity index (χ2n) is 7.51. The van der Waals surface area contributed by atoms with Crippen LogP contribution in [0.25, 0.3) is 0 Å². The molecule has 1 aliphatic heterocycles. The van der Waals surface area contributed by atoms with Crippen LogP contribution in [0.1, 0.15) is 33.5 Å². The predicted molar refractivity (Wildman–Crippen MR) is 104 cm³/mol. The van der Waals surface area contributed by atoms with Crippen molar-refractivity contribution in [3.05, 3.63) is 76.5 Å². The molecule has 0 bridgehead atoms. The van der Waals surface area contributed by atoms with Crippen LogP contribution in [0, 0.1) is 0 Å². The number of amides is 1. The first-order valence-electron chi connectivity index (χ1n) is 9.74. The summed E-state index contributed by atoms with van der Waals surface area (Å²) in [6, 6.07) is 11.8. The summed E-state index contributed by atoms with van der Waals surface area (Å²) in [4.78, 5) is 12.6. The summed E-state index contributed by atoms with van der Waals surface area (Å²) in [5.74, 6) is -0.338. The van der Waals surface area contributed by atoms with Gasteiger partial charge in [-0.1, -0.05) is 18.2 Å². The number of benzene rings is 2. The fourth-order valence-corrected chi connectivity index (χ4v) is 3.71. The molecule has 1 heterocycles. The number of carbonyl (C=O) groups excluding carboxylic acids is 1. The monoisotopic (exact) mass is 436 g/mol. The summed E-state index contributed by atoms with van der Waals surface area (Å²) >= 11 is 0. The van der Waals surface area contributed by atoms with Crippen LogP contribution in [0.3, 0.4) is 0 Å². The highest BCUT2D eigenvalue weighted by Crippen LogP contribution is 2.31. The molecule has 0 saturated carbocycles. The summed E-state index contributed by atoms with van der Waals surface area (Å²) in [5.41, 5.74) is 1.03. The van der Waals surface area contributed by atoms with Crippen molar-refractivity contribution in [2.24, 2.45) is 0 Å². The van der Waals surface area contributed by atoms with Gasteiger partial charge in [0.15, 0.2) is 0 Å². The van der Waals surface area contributed by atoms with E-state index in [9.17, 15) is 27.5 Å². The first-order chi connectivity index (χ1) is 14.8. The van der Waals surface area contributed by atoms with E-state index in [4.69, 9.17) is 4.74 Å². The highest BCUT2D eigenvalue weighted by Gasteiger charge is 2.51. The summed E-state index contributed by atoms with van der Waals surface area (Å²) in [7, 11) is 0. The highest BCUT2D eigenvalue weighted by atomic mass is 19.3. The second-order valence-corrected chi connectivity index (χ2v) is 7.51. The number of aryl methyl sites for hydroxylation is 2. The zero-order valence-electron chi connectivity index (χ0n) is 16.3. The Hall–Kier alpha value is -3.07. The molecule has 0 saturated heterocycles. The molecule has 31 heavy (non-hydrogen) atoms. The van der Waals surface area contributed by atoms with Crippen LogP contribution in [0.2, 0.25) is 0 Å². The molecule has 0 spiro atoms. The van der Waals surface area contributed by atoms with Gasteiger partial charge < -0.3 is 9.84 Å². The standard InChI is InChI=1S/C22H20F4N2O3/c23-19(24)18-11-22(30,21(25)26)28(27-18)20(29)15-6-4-13(5-7-15)12-31-17-9-8-14-2-1-3-16(14)10-17/h4-11,19,21,27,30H,1-3,12H2. The molecule has 4 rings (SSSR count). The number of nitrogens with zero attached hydrogens (tertiary/aromatic N) is 1. The maximum atomic E-state index is 13.3. The van der Waals surface area contributed by atoms with Crippen LogP contribution in [0.15, 0.2) is 54.2 Å². The van der Waals surface area contributed by atoms with Gasteiger partial charge in [0, 0.05) is 11.6 Å². The minimum absolute atomic E-state index is 0.0585. The Balaban J connectivity index is 1.43. The van der Waals surface area contributed by atoms with Gasteiger partial charge in [0.05, 0.1) is 5.70 Å². The third-order valence-electron chi connectivity index (χ3n) is 5.40. The van der Waals surface area contributed by atoms with Crippen molar-refractivity contribution in [1.82, 2.24) is 10.4 Å². The lowest BCUT2D eigenvalue weighted by atomic mass is 10.1. The molecule has 2 aromatic rings. The van der Waals surface area contributed by atoms with Crippen molar-refractivity contribution in [2.45, 2.75) is 44.4 Å². The lowest BCUT2D eigenvalue weighted by Crippen LogP contribution is -2.56. The number of hydrazine groups is 1. The van der Waals surface area contributed by atoms with Crippen LogP contribution in [-0.4, -0.2) is 34.6 Å². The Morgan fingerprint density at radius 2 is 1.81 bits per heavy atom. The molecule has 1 amide bonds. The lowest BCUT2D eigenvalue weighted by molar-refractivity contribution is -0.146. The smallest absolute Gasteiger partial charge is 0.291 e. The van der Waals surface area contributed by atoms with E-state index in [0.717, 1.165) is 30.6 Å². The minimum atomic E-state index is -3.49. The maximum absolute atomic E-state index is 13.3. The minimum Gasteiger partial charge on any atom is -0.489 e. The van der Waals surface area contributed by atoms with Crippen LogP contribution in [0.5, 0.6) is 5.75 Å². The van der Waals surface area contributed by atoms with Gasteiger partial charge in [0.25, 0.3) is 18.8 Å². The number of nitrogens with one attached hydrogen (secondary N) is 1. The molecule has 5 nitrogen and oxygen atoms in total. The quantitative estimate of drug-likeness (QED) is 0.676. The van der Waals surface area contributed by atoms with Crippen molar-refractivity contribution < 1.29 is 32.2 Å². The van der Waals surface area contributed by atoms with Gasteiger partial charge in [-0.05, 0) is 60.2 Å². The van der Waals surface area contributed by atoms with E-state index < -0.39 is 30.2 Å². The molecule has 0 aromatic heterocycles. The Kier molecular flexibility index (Phi) is 5.62. The number of aliphatic hydroxyl groups is 1. The summed E-state index contributed by atoms with van der Waals surface area (Å²) in [6.07, 6.45) is -3.14. The van der Waals surface area contributed by atoms with Crippen molar-refractivity contribution in [1.29, 1.82) is 0 Å². The Labute approximate surface area is 175 Å². The van der Waals surface area contributed by atoms with Crippen molar-refractivity contribution >= 4 is 5.91 Å². The fraction of sp³-hybridized carbons (Fsp3) is 0.318. The zero-order chi connectivity index (χ0) is 22.2. The van der Waals surface area contributed by atoms with E-state index in [1.54, 1.807) is 12.1 Å². The Morgan fingerprint density at radius 3 is 2.48 bits per heavy atom. The number of alkyl halides is 4. The number of ether oxygens (including phenoxy) is 1. The molecule has 2 aromatic carbocycles. The maximum Gasteiger partial charge on any atom is 0.291 e. The SMILES string of the molecule is O=C(c1ccc(COc2ccc3c(c2)CCC3)cc1)N1NC(C(F)F)=CC1(O)C(F)F. The average molecular weight is 436 g/mol. The van der Waals surface area contributed by atoms with Gasteiger partial charge in [0.1, 0.15) is 12.4 Å². The van der Waals surface area contributed by atoms with Crippen LogP contribution in [0.4, 0.5) is 17.6 Å². The Bertz CT molecular complexity index is 1010. The number of allylic oxidation sites excluding steroid dienone is 1. The molecule has 0 fully saturated rings. The van der Waals surface area contributed by atoms with Gasteiger partial charge in [-0.3, -0.25) is 10.2 Å². The summed E-state index contributed by atoms with van der Waals surface area (Å²) in [6.45, 7) is 0.229. The molecule has 2 N–H and O–H groups in total. The van der Waals surface area contributed by atoms with E-state index in [-0.39, 0.29) is 23.3 Å². The highest BCUT2D eigenvalue weighted by molar-refractivity contribution is 5.95. The van der Waals surface area contributed by atoms with Gasteiger partial charge >= 0.3 is 0 Å². The topological polar surface area (TPSA) is 61.8 Å². The van der Waals surface area contributed by atoms with Crippen molar-refractivity contribution in [3.63, 3.8) is 0 Å². The summed E-state index contributed by atoms with van der Waals surface area (Å²) < 4.78 is 58.2. The largest absolute Gasteiger partial charge is 0.489 e. The van der Waals surface area contributed by atoms with Gasteiger partial charge in [-0.2, -0.15) is 0 Å². The molecular weight excluding hydrogens is 416 g/mol. The third kappa shape index (κ3) is 4.10. The first kappa shape index (κ1) is 21.2. The van der Waals surface area contributed by atoms with Gasteiger partial charge in [-0.15, -0.1) is 0 Å². The van der Waals surface area contributed by atoms with Gasteiger partial charge in [0.2, 0.25) is 5.72 Å². The number of hydrogen-bond donors (Lipinski definition) is 2. The number of rotatable bonds is 6. The third-order valence-corrected chi connectivity index (χ3v) is 5.40. The van der Waals surface area contributed by atoms with Crippen molar-refractivity contribution in [3.8, 4) is 5.75 Å². The average Bonchev–Trinajstić information content (AvgIpc) is 3.37. The molecule has 164 valence electrons. The molecular formula is C22H20F4N2O3. The number of carbonyl (C=O) groups is 1. The number of hydrogen-bond acceptors (Lipinski definition) is 4. The predicted octanol–water partition coefficient (Wildman–Crippen LogP) is 3.82. The second kappa shape index (κ2) is 8.22. The molecule has 1 unspecified atom stereocenters. The normalized spacial score (nSPS) is 20.1. The first-order valence-corrected chi connectivity index (χ1v) is 9.74. The molecule has 1 atom stereocenters. The number of halogens is 4. The molecule has 2 aliphatic rings. The van der Waals surface area contributed by atoms with Crippen LogP contribution in [-0.2, 0) is 19.4 Å².